The highest BCUT2D eigenvalue weighted by atomic mass is 16.5. The molecule has 6 heteroatoms. The van der Waals surface area contributed by atoms with Gasteiger partial charge < -0.3 is 4.74 Å². The van der Waals surface area contributed by atoms with Gasteiger partial charge in [-0.3, -0.25) is 14.8 Å². The number of carbonyl (C=O) groups is 1. The number of hydrogen-bond acceptors (Lipinski definition) is 5. The molecule has 0 radical (unpaired) electrons. The minimum Gasteiger partial charge on any atom is -0.497 e. The minimum atomic E-state index is 0.0100. The van der Waals surface area contributed by atoms with Crippen LogP contribution in [0.2, 0.25) is 0 Å². The summed E-state index contributed by atoms with van der Waals surface area (Å²) in [5.41, 5.74) is 4.63. The summed E-state index contributed by atoms with van der Waals surface area (Å²) in [5.74, 6) is 0.875. The van der Waals surface area contributed by atoms with Crippen LogP contribution in [0.3, 0.4) is 0 Å². The number of para-hydroxylation sites is 1. The molecule has 3 heterocycles. The zero-order valence-electron chi connectivity index (χ0n) is 18.4. The molecule has 1 aliphatic rings. The van der Waals surface area contributed by atoms with E-state index in [2.05, 4.69) is 16.0 Å². The average Bonchev–Trinajstić information content (AvgIpc) is 3.24. The Balaban J connectivity index is 1.48. The van der Waals surface area contributed by atoms with Gasteiger partial charge in [-0.05, 0) is 47.5 Å². The number of fused-ring (bicyclic) bond motifs is 1. The van der Waals surface area contributed by atoms with Crippen LogP contribution in [-0.4, -0.2) is 40.3 Å². The molecular formula is C27H24N4O2. The van der Waals surface area contributed by atoms with Crippen LogP contribution < -0.4 is 4.74 Å². The standard InChI is InChI=1S/C27H24N4O2/c1-33-22-8-6-7-19(15-22)21-17-27(32)31(18-21)30-26(25-11-4-5-13-28-25)16-20-12-14-29-24-10-3-2-9-23(20)24/h2-15,21H,16-18H2,1H3/b30-26+. The van der Waals surface area contributed by atoms with E-state index < -0.39 is 0 Å². The van der Waals surface area contributed by atoms with E-state index >= 15 is 0 Å². The Hall–Kier alpha value is -4.06. The van der Waals surface area contributed by atoms with Crippen molar-refractivity contribution in [2.24, 2.45) is 5.10 Å². The van der Waals surface area contributed by atoms with Gasteiger partial charge in [0.2, 0.25) is 5.91 Å². The van der Waals surface area contributed by atoms with Crippen molar-refractivity contribution in [3.05, 3.63) is 102 Å². The molecule has 33 heavy (non-hydrogen) atoms. The summed E-state index contributed by atoms with van der Waals surface area (Å²) in [5, 5.41) is 7.50. The highest BCUT2D eigenvalue weighted by Crippen LogP contribution is 2.31. The molecule has 1 amide bonds. The van der Waals surface area contributed by atoms with Crippen LogP contribution in [0.5, 0.6) is 5.75 Å². The second kappa shape index (κ2) is 9.20. The SMILES string of the molecule is COc1cccc(C2CC(=O)N(/N=C(\Cc3ccnc4ccccc34)c3ccccn3)C2)c1. The predicted molar refractivity (Wildman–Crippen MR) is 128 cm³/mol. The second-order valence-corrected chi connectivity index (χ2v) is 8.08. The lowest BCUT2D eigenvalue weighted by atomic mass is 9.98. The summed E-state index contributed by atoms with van der Waals surface area (Å²) < 4.78 is 5.35. The molecule has 4 aromatic rings. The van der Waals surface area contributed by atoms with E-state index in [1.165, 1.54) is 0 Å². The lowest BCUT2D eigenvalue weighted by Crippen LogP contribution is -2.23. The maximum absolute atomic E-state index is 12.9. The fourth-order valence-corrected chi connectivity index (χ4v) is 4.25. The van der Waals surface area contributed by atoms with Gasteiger partial charge in [-0.15, -0.1) is 0 Å². The topological polar surface area (TPSA) is 67.7 Å². The summed E-state index contributed by atoms with van der Waals surface area (Å²) in [4.78, 5) is 21.9. The summed E-state index contributed by atoms with van der Waals surface area (Å²) in [6, 6.07) is 23.7. The quantitative estimate of drug-likeness (QED) is 0.414. The van der Waals surface area contributed by atoms with Gasteiger partial charge in [0.1, 0.15) is 5.75 Å². The van der Waals surface area contributed by atoms with E-state index in [0.717, 1.165) is 39.2 Å². The number of pyridine rings is 2. The Kier molecular flexibility index (Phi) is 5.81. The molecule has 0 N–H and O–H groups in total. The Bertz CT molecular complexity index is 1310. The lowest BCUT2D eigenvalue weighted by Gasteiger charge is -2.15. The third kappa shape index (κ3) is 4.46. The minimum absolute atomic E-state index is 0.0100. The third-order valence-corrected chi connectivity index (χ3v) is 5.97. The molecule has 1 atom stereocenters. The summed E-state index contributed by atoms with van der Waals surface area (Å²) in [7, 11) is 1.65. The number of rotatable bonds is 6. The van der Waals surface area contributed by atoms with Crippen LogP contribution in [0.25, 0.3) is 10.9 Å². The smallest absolute Gasteiger partial charge is 0.243 e. The number of nitrogens with zero attached hydrogens (tertiary/aromatic N) is 4. The molecule has 0 aliphatic carbocycles. The Morgan fingerprint density at radius 3 is 2.76 bits per heavy atom. The second-order valence-electron chi connectivity index (χ2n) is 8.08. The fraction of sp³-hybridized carbons (Fsp3) is 0.185. The number of hydrazone groups is 1. The highest BCUT2D eigenvalue weighted by Gasteiger charge is 2.31. The van der Waals surface area contributed by atoms with Crippen molar-refractivity contribution < 1.29 is 9.53 Å². The van der Waals surface area contributed by atoms with Gasteiger partial charge in [0.15, 0.2) is 0 Å². The van der Waals surface area contributed by atoms with Gasteiger partial charge in [0.05, 0.1) is 30.6 Å². The van der Waals surface area contributed by atoms with Crippen molar-refractivity contribution in [1.82, 2.24) is 15.0 Å². The number of amides is 1. The van der Waals surface area contributed by atoms with Crippen molar-refractivity contribution in [3.63, 3.8) is 0 Å². The van der Waals surface area contributed by atoms with Gasteiger partial charge in [0.25, 0.3) is 0 Å². The number of hydrogen-bond donors (Lipinski definition) is 0. The first-order chi connectivity index (χ1) is 16.2. The third-order valence-electron chi connectivity index (χ3n) is 5.97. The average molecular weight is 437 g/mol. The highest BCUT2D eigenvalue weighted by molar-refractivity contribution is 6.02. The van der Waals surface area contributed by atoms with Gasteiger partial charge in [-0.2, -0.15) is 5.10 Å². The monoisotopic (exact) mass is 436 g/mol. The van der Waals surface area contributed by atoms with Crippen LogP contribution >= 0.6 is 0 Å². The van der Waals surface area contributed by atoms with Crippen molar-refractivity contribution >= 4 is 22.5 Å². The van der Waals surface area contributed by atoms with Crippen molar-refractivity contribution in [3.8, 4) is 5.75 Å². The van der Waals surface area contributed by atoms with E-state index in [1.54, 1.807) is 18.3 Å². The number of aromatic nitrogens is 2. The molecule has 1 unspecified atom stereocenters. The Morgan fingerprint density at radius 1 is 1.03 bits per heavy atom. The maximum Gasteiger partial charge on any atom is 0.243 e. The molecular weight excluding hydrogens is 412 g/mol. The first-order valence-electron chi connectivity index (χ1n) is 11.0. The van der Waals surface area contributed by atoms with E-state index in [9.17, 15) is 4.79 Å². The van der Waals surface area contributed by atoms with Crippen LogP contribution in [0.1, 0.15) is 29.2 Å². The van der Waals surface area contributed by atoms with Crippen LogP contribution in [-0.2, 0) is 11.2 Å². The van der Waals surface area contributed by atoms with Gasteiger partial charge in [-0.1, -0.05) is 36.4 Å². The molecule has 1 saturated heterocycles. The zero-order chi connectivity index (χ0) is 22.6. The number of ether oxygens (including phenoxy) is 1. The fourth-order valence-electron chi connectivity index (χ4n) is 4.25. The van der Waals surface area contributed by atoms with Gasteiger partial charge >= 0.3 is 0 Å². The van der Waals surface area contributed by atoms with Crippen molar-refractivity contribution in [1.29, 1.82) is 0 Å². The molecule has 5 rings (SSSR count). The van der Waals surface area contributed by atoms with E-state index in [4.69, 9.17) is 9.84 Å². The van der Waals surface area contributed by atoms with E-state index in [0.29, 0.717) is 19.4 Å². The summed E-state index contributed by atoms with van der Waals surface area (Å²) in [6.45, 7) is 0.527. The lowest BCUT2D eigenvalue weighted by molar-refractivity contribution is -0.127. The van der Waals surface area contributed by atoms with Crippen LogP contribution in [0.4, 0.5) is 0 Å². The molecule has 2 aromatic carbocycles. The maximum atomic E-state index is 12.9. The summed E-state index contributed by atoms with van der Waals surface area (Å²) in [6.07, 6.45) is 4.53. The normalized spacial score (nSPS) is 16.4. The number of methoxy groups -OCH3 is 1. The molecule has 1 fully saturated rings. The van der Waals surface area contributed by atoms with Gasteiger partial charge in [0, 0.05) is 36.5 Å². The van der Waals surface area contributed by atoms with Crippen LogP contribution in [0.15, 0.2) is 90.3 Å². The van der Waals surface area contributed by atoms with Gasteiger partial charge in [-0.25, -0.2) is 5.01 Å². The van der Waals surface area contributed by atoms with E-state index in [1.807, 2.05) is 72.9 Å². The Morgan fingerprint density at radius 2 is 1.91 bits per heavy atom. The Labute approximate surface area is 192 Å². The molecule has 1 aliphatic heterocycles. The number of carbonyl (C=O) groups excluding carboxylic acids is 1. The first kappa shape index (κ1) is 20.8. The molecule has 0 bridgehead atoms. The molecule has 164 valence electrons. The molecule has 2 aromatic heterocycles. The predicted octanol–water partition coefficient (Wildman–Crippen LogP) is 4.60. The first-order valence-corrected chi connectivity index (χ1v) is 11.0. The zero-order valence-corrected chi connectivity index (χ0v) is 18.4. The molecule has 0 saturated carbocycles. The largest absolute Gasteiger partial charge is 0.497 e. The van der Waals surface area contributed by atoms with E-state index in [-0.39, 0.29) is 11.8 Å². The van der Waals surface area contributed by atoms with Crippen molar-refractivity contribution in [2.75, 3.05) is 13.7 Å². The van der Waals surface area contributed by atoms with Crippen LogP contribution in [0, 0.1) is 0 Å². The summed E-state index contributed by atoms with van der Waals surface area (Å²) >= 11 is 0. The van der Waals surface area contributed by atoms with Crippen molar-refractivity contribution in [2.45, 2.75) is 18.8 Å². The number of benzene rings is 2. The molecule has 6 nitrogen and oxygen atoms in total. The molecule has 0 spiro atoms.